The molecule has 1 heterocycles. The first-order valence-electron chi connectivity index (χ1n) is 4.02. The number of hydrogen-bond donors (Lipinski definition) is 0. The highest BCUT2D eigenvalue weighted by atomic mass is 35.5. The van der Waals surface area contributed by atoms with Gasteiger partial charge in [-0.1, -0.05) is 11.6 Å². The van der Waals surface area contributed by atoms with Gasteiger partial charge in [0.15, 0.2) is 0 Å². The van der Waals surface area contributed by atoms with Gasteiger partial charge in [-0.15, -0.1) is 11.3 Å². The average molecular weight is 241 g/mol. The first kappa shape index (κ1) is 10.1. The van der Waals surface area contributed by atoms with Crippen LogP contribution in [0.2, 0.25) is 5.02 Å². The molecule has 0 aliphatic rings. The fourth-order valence-electron chi connectivity index (χ4n) is 1.15. The Morgan fingerprint density at radius 3 is 2.87 bits per heavy atom. The third-order valence-electron chi connectivity index (χ3n) is 1.82. The molecule has 76 valence electrons. The van der Waals surface area contributed by atoms with Gasteiger partial charge in [0.1, 0.15) is 5.01 Å². The molecule has 1 aromatic carbocycles. The predicted molar refractivity (Wildman–Crippen MR) is 59.2 cm³/mol. The maximum absolute atomic E-state index is 10.6. The fourth-order valence-corrected chi connectivity index (χ4v) is 2.08. The largest absolute Gasteiger partial charge is 0.270 e. The lowest BCUT2D eigenvalue weighted by atomic mass is 10.2. The van der Waals surface area contributed by atoms with Crippen molar-refractivity contribution in [1.29, 1.82) is 0 Å². The van der Waals surface area contributed by atoms with Crippen molar-refractivity contribution in [2.24, 2.45) is 0 Å². The Kier molecular flexibility index (Phi) is 2.66. The van der Waals surface area contributed by atoms with E-state index in [1.165, 1.54) is 29.5 Å². The number of nitrogens with zero attached hydrogens (tertiary/aromatic N) is 2. The van der Waals surface area contributed by atoms with Crippen LogP contribution in [0.4, 0.5) is 5.69 Å². The molecule has 0 fully saturated rings. The maximum Gasteiger partial charge on any atom is 0.270 e. The summed E-state index contributed by atoms with van der Waals surface area (Å²) >= 11 is 7.33. The van der Waals surface area contributed by atoms with Gasteiger partial charge < -0.3 is 0 Å². The zero-order valence-corrected chi connectivity index (χ0v) is 8.96. The van der Waals surface area contributed by atoms with Crippen LogP contribution in [0.1, 0.15) is 0 Å². The van der Waals surface area contributed by atoms with Crippen LogP contribution in [0.3, 0.4) is 0 Å². The molecule has 0 radical (unpaired) electrons. The summed E-state index contributed by atoms with van der Waals surface area (Å²) in [5, 5.41) is 13.5. The minimum Gasteiger partial charge on any atom is -0.258 e. The Bertz CT molecular complexity index is 499. The Morgan fingerprint density at radius 1 is 1.47 bits per heavy atom. The molecule has 0 amide bonds. The van der Waals surface area contributed by atoms with Gasteiger partial charge in [0.2, 0.25) is 0 Å². The lowest BCUT2D eigenvalue weighted by Crippen LogP contribution is -1.88. The smallest absolute Gasteiger partial charge is 0.258 e. The van der Waals surface area contributed by atoms with Crippen molar-refractivity contribution in [3.8, 4) is 10.6 Å². The van der Waals surface area contributed by atoms with E-state index in [4.69, 9.17) is 11.6 Å². The van der Waals surface area contributed by atoms with Crippen molar-refractivity contribution in [3.05, 3.63) is 44.9 Å². The summed E-state index contributed by atoms with van der Waals surface area (Å²) in [4.78, 5) is 14.2. The molecule has 1 aromatic heterocycles. The predicted octanol–water partition coefficient (Wildman–Crippen LogP) is 3.37. The standard InChI is InChI=1S/C9H5ClN2O2S/c10-8-2-1-6(12(13)14)5-7(8)9-11-3-4-15-9/h1-5H. The van der Waals surface area contributed by atoms with E-state index in [0.29, 0.717) is 15.6 Å². The van der Waals surface area contributed by atoms with Crippen LogP contribution in [0, 0.1) is 10.1 Å². The molecule has 0 atom stereocenters. The Balaban J connectivity index is 2.55. The number of benzene rings is 1. The second-order valence-electron chi connectivity index (χ2n) is 2.76. The Morgan fingerprint density at radius 2 is 2.27 bits per heavy atom. The van der Waals surface area contributed by atoms with E-state index < -0.39 is 4.92 Å². The summed E-state index contributed by atoms with van der Waals surface area (Å²) in [6, 6.07) is 4.32. The van der Waals surface area contributed by atoms with Crippen molar-refractivity contribution in [1.82, 2.24) is 4.98 Å². The lowest BCUT2D eigenvalue weighted by molar-refractivity contribution is -0.384. The van der Waals surface area contributed by atoms with Gasteiger partial charge in [0.25, 0.3) is 5.69 Å². The van der Waals surface area contributed by atoms with E-state index >= 15 is 0 Å². The van der Waals surface area contributed by atoms with Crippen LogP contribution in [0.25, 0.3) is 10.6 Å². The summed E-state index contributed by atoms with van der Waals surface area (Å²) in [5.74, 6) is 0. The monoisotopic (exact) mass is 240 g/mol. The third-order valence-corrected chi connectivity index (χ3v) is 2.96. The van der Waals surface area contributed by atoms with Crippen LogP contribution < -0.4 is 0 Å². The van der Waals surface area contributed by atoms with E-state index in [1.807, 2.05) is 0 Å². The number of nitro benzene ring substituents is 1. The number of non-ortho nitro benzene ring substituents is 1. The highest BCUT2D eigenvalue weighted by Gasteiger charge is 2.12. The molecular weight excluding hydrogens is 236 g/mol. The van der Waals surface area contributed by atoms with Gasteiger partial charge in [0, 0.05) is 29.3 Å². The van der Waals surface area contributed by atoms with E-state index in [1.54, 1.807) is 11.6 Å². The molecule has 2 rings (SSSR count). The maximum atomic E-state index is 10.6. The Hall–Kier alpha value is -1.46. The quantitative estimate of drug-likeness (QED) is 0.597. The molecule has 2 aromatic rings. The van der Waals surface area contributed by atoms with Crippen molar-refractivity contribution in [3.63, 3.8) is 0 Å². The van der Waals surface area contributed by atoms with Crippen molar-refractivity contribution >= 4 is 28.6 Å². The zero-order chi connectivity index (χ0) is 10.8. The highest BCUT2D eigenvalue weighted by Crippen LogP contribution is 2.32. The average Bonchev–Trinajstić information content (AvgIpc) is 2.71. The van der Waals surface area contributed by atoms with Crippen molar-refractivity contribution < 1.29 is 4.92 Å². The fraction of sp³-hybridized carbons (Fsp3) is 0. The summed E-state index contributed by atoms with van der Waals surface area (Å²) in [6.45, 7) is 0. The zero-order valence-electron chi connectivity index (χ0n) is 7.38. The van der Waals surface area contributed by atoms with Crippen LogP contribution >= 0.6 is 22.9 Å². The van der Waals surface area contributed by atoms with Gasteiger partial charge in [-0.05, 0) is 6.07 Å². The van der Waals surface area contributed by atoms with Crippen molar-refractivity contribution in [2.75, 3.05) is 0 Å². The SMILES string of the molecule is O=[N+]([O-])c1ccc(Cl)c(-c2nccs2)c1. The van der Waals surface area contributed by atoms with E-state index in [-0.39, 0.29) is 5.69 Å². The minimum absolute atomic E-state index is 0.0181. The van der Waals surface area contributed by atoms with E-state index in [9.17, 15) is 10.1 Å². The number of thiazole rings is 1. The van der Waals surface area contributed by atoms with E-state index in [2.05, 4.69) is 4.98 Å². The molecule has 0 spiro atoms. The second kappa shape index (κ2) is 3.96. The topological polar surface area (TPSA) is 56.0 Å². The molecule has 4 nitrogen and oxygen atoms in total. The summed E-state index contributed by atoms with van der Waals surface area (Å²) < 4.78 is 0. The molecule has 0 saturated heterocycles. The second-order valence-corrected chi connectivity index (χ2v) is 4.06. The summed E-state index contributed by atoms with van der Waals surface area (Å²) in [6.07, 6.45) is 1.63. The molecule has 0 aliphatic heterocycles. The highest BCUT2D eigenvalue weighted by molar-refractivity contribution is 7.13. The number of hydrogen-bond acceptors (Lipinski definition) is 4. The summed E-state index contributed by atoms with van der Waals surface area (Å²) in [5.41, 5.74) is 0.616. The first-order chi connectivity index (χ1) is 7.18. The molecule has 0 unspecified atom stereocenters. The van der Waals surface area contributed by atoms with Gasteiger partial charge in [-0.2, -0.15) is 0 Å². The first-order valence-corrected chi connectivity index (χ1v) is 5.28. The molecule has 0 N–H and O–H groups in total. The number of nitro groups is 1. The minimum atomic E-state index is -0.451. The lowest BCUT2D eigenvalue weighted by Gasteiger charge is -1.99. The van der Waals surface area contributed by atoms with E-state index in [0.717, 1.165) is 0 Å². The van der Waals surface area contributed by atoms with Gasteiger partial charge >= 0.3 is 0 Å². The molecule has 0 saturated carbocycles. The number of rotatable bonds is 2. The Labute approximate surface area is 94.3 Å². The molecule has 0 aliphatic carbocycles. The van der Waals surface area contributed by atoms with Crippen molar-refractivity contribution in [2.45, 2.75) is 0 Å². The van der Waals surface area contributed by atoms with Crippen LogP contribution in [-0.4, -0.2) is 9.91 Å². The number of halogens is 1. The van der Waals surface area contributed by atoms with Gasteiger partial charge in [-0.3, -0.25) is 10.1 Å². The normalized spacial score (nSPS) is 10.2. The molecule has 6 heteroatoms. The molecule has 15 heavy (non-hydrogen) atoms. The molecular formula is C9H5ClN2O2S. The van der Waals surface area contributed by atoms with Crippen LogP contribution in [0.15, 0.2) is 29.8 Å². The third kappa shape index (κ3) is 1.98. The summed E-state index contributed by atoms with van der Waals surface area (Å²) in [7, 11) is 0. The molecule has 0 bridgehead atoms. The van der Waals surface area contributed by atoms with Crippen LogP contribution in [-0.2, 0) is 0 Å². The van der Waals surface area contributed by atoms with Crippen LogP contribution in [0.5, 0.6) is 0 Å². The van der Waals surface area contributed by atoms with Gasteiger partial charge in [-0.25, -0.2) is 4.98 Å². The van der Waals surface area contributed by atoms with Gasteiger partial charge in [0.05, 0.1) is 9.95 Å². The number of aromatic nitrogens is 1.